The molecule has 21 heavy (non-hydrogen) atoms. The summed E-state index contributed by atoms with van der Waals surface area (Å²) in [5.41, 5.74) is 1.99. The molecule has 0 aromatic carbocycles. The number of hydrogen-bond donors (Lipinski definition) is 5. The highest BCUT2D eigenvalue weighted by atomic mass is 79.9. The van der Waals surface area contributed by atoms with Gasteiger partial charge in [0.05, 0.1) is 12.8 Å². The molecule has 6 N–H and O–H groups in total. The Kier molecular flexibility index (Phi) is 8.79. The smallest absolute Gasteiger partial charge is 0.336 e. The van der Waals surface area contributed by atoms with E-state index in [2.05, 4.69) is 31.9 Å². The van der Waals surface area contributed by atoms with E-state index >= 15 is 0 Å². The molecule has 0 fully saturated rings. The van der Waals surface area contributed by atoms with Gasteiger partial charge in [0.15, 0.2) is 5.60 Å². The number of amides is 1. The van der Waals surface area contributed by atoms with E-state index in [0.29, 0.717) is 0 Å². The number of primary amides is 1. The molecular weight excluding hydrogens is 424 g/mol. The van der Waals surface area contributed by atoms with Crippen molar-refractivity contribution in [2.75, 3.05) is 0 Å². The molecule has 0 saturated carbocycles. The number of hydrogen-bond acceptors (Lipinski definition) is 6. The third-order valence-corrected chi connectivity index (χ3v) is 2.87. The molecular formula is C9H10Br2N2O8. The van der Waals surface area contributed by atoms with Crippen molar-refractivity contribution in [3.63, 3.8) is 0 Å². The highest BCUT2D eigenvalue weighted by Gasteiger charge is 2.40. The molecule has 0 unspecified atom stereocenters. The van der Waals surface area contributed by atoms with Gasteiger partial charge in [0.25, 0.3) is 5.91 Å². The van der Waals surface area contributed by atoms with E-state index in [9.17, 15) is 19.2 Å². The van der Waals surface area contributed by atoms with Crippen molar-refractivity contribution >= 4 is 55.7 Å². The maximum absolute atomic E-state index is 10.3. The molecule has 0 aliphatic carbocycles. The van der Waals surface area contributed by atoms with Crippen molar-refractivity contribution in [2.24, 2.45) is 5.73 Å². The van der Waals surface area contributed by atoms with Crippen molar-refractivity contribution in [3.05, 3.63) is 0 Å². The van der Waals surface area contributed by atoms with E-state index in [1.54, 1.807) is 6.07 Å². The standard InChI is InChI=1S/C6H8O7.C3H2Br2N2O/c7-3(8)1-6(13,5(11)12)2-4(9)10;4-3(5,1-6)2(7)8/h13H,1-2H2,(H,7,8)(H,9,10)(H,11,12);(H2,7,8). The summed E-state index contributed by atoms with van der Waals surface area (Å²) in [7, 11) is 0. The molecule has 0 aliphatic rings. The first-order valence-corrected chi connectivity index (χ1v) is 6.35. The van der Waals surface area contributed by atoms with Crippen LogP contribution in [0.2, 0.25) is 0 Å². The van der Waals surface area contributed by atoms with Gasteiger partial charge in [0.2, 0.25) is 3.23 Å². The van der Waals surface area contributed by atoms with Crippen LogP contribution in [0.25, 0.3) is 0 Å². The third kappa shape index (κ3) is 8.95. The average Bonchev–Trinajstić information content (AvgIpc) is 2.27. The Hall–Kier alpha value is -1.71. The van der Waals surface area contributed by atoms with E-state index < -0.39 is 45.5 Å². The summed E-state index contributed by atoms with van der Waals surface area (Å²) in [6.45, 7) is 0. The molecule has 12 heteroatoms. The van der Waals surface area contributed by atoms with Crippen molar-refractivity contribution in [1.82, 2.24) is 0 Å². The minimum absolute atomic E-state index is 0.750. The minimum Gasteiger partial charge on any atom is -0.481 e. The van der Waals surface area contributed by atoms with Gasteiger partial charge in [-0.1, -0.05) is 0 Å². The maximum atomic E-state index is 10.3. The zero-order chi connectivity index (χ0) is 17.4. The van der Waals surface area contributed by atoms with Gasteiger partial charge < -0.3 is 26.2 Å². The molecule has 0 spiro atoms. The lowest BCUT2D eigenvalue weighted by atomic mass is 9.96. The Bertz CT molecular complexity index is 469. The number of rotatable bonds is 6. The number of carbonyl (C=O) groups is 4. The number of alkyl halides is 2. The van der Waals surface area contributed by atoms with Crippen LogP contribution in [0.5, 0.6) is 0 Å². The SMILES string of the molecule is N#CC(Br)(Br)C(N)=O.O=C(O)CC(O)(CC(=O)O)C(=O)O. The quantitative estimate of drug-likeness (QED) is 0.333. The van der Waals surface area contributed by atoms with Gasteiger partial charge in [-0.15, -0.1) is 0 Å². The van der Waals surface area contributed by atoms with E-state index in [4.69, 9.17) is 31.4 Å². The van der Waals surface area contributed by atoms with E-state index in [-0.39, 0.29) is 0 Å². The Balaban J connectivity index is 0. The number of carbonyl (C=O) groups excluding carboxylic acids is 1. The highest BCUT2D eigenvalue weighted by Crippen LogP contribution is 2.23. The lowest BCUT2D eigenvalue weighted by molar-refractivity contribution is -0.170. The van der Waals surface area contributed by atoms with E-state index in [1.807, 2.05) is 0 Å². The number of halogens is 2. The molecule has 0 radical (unpaired) electrons. The first-order valence-electron chi connectivity index (χ1n) is 4.77. The van der Waals surface area contributed by atoms with Gasteiger partial charge in [-0.05, 0) is 31.9 Å². The lowest BCUT2D eigenvalue weighted by Crippen LogP contribution is -2.42. The lowest BCUT2D eigenvalue weighted by Gasteiger charge is -2.18. The van der Waals surface area contributed by atoms with Crippen LogP contribution in [0.1, 0.15) is 12.8 Å². The van der Waals surface area contributed by atoms with E-state index in [1.165, 1.54) is 0 Å². The maximum Gasteiger partial charge on any atom is 0.336 e. The van der Waals surface area contributed by atoms with Crippen LogP contribution in [0.4, 0.5) is 0 Å². The molecule has 0 bridgehead atoms. The zero-order valence-electron chi connectivity index (χ0n) is 10.1. The van der Waals surface area contributed by atoms with Crippen molar-refractivity contribution < 1.29 is 39.6 Å². The highest BCUT2D eigenvalue weighted by molar-refractivity contribution is 9.26. The fourth-order valence-corrected chi connectivity index (χ4v) is 0.769. The molecule has 0 rings (SSSR count). The summed E-state index contributed by atoms with van der Waals surface area (Å²) in [5.74, 6) is -5.77. The van der Waals surface area contributed by atoms with Crippen LogP contribution in [0.15, 0.2) is 0 Å². The Labute approximate surface area is 134 Å². The molecule has 0 atom stereocenters. The second-order valence-electron chi connectivity index (χ2n) is 3.53. The van der Waals surface area contributed by atoms with Crippen LogP contribution >= 0.6 is 31.9 Å². The van der Waals surface area contributed by atoms with Gasteiger partial charge >= 0.3 is 17.9 Å². The summed E-state index contributed by atoms with van der Waals surface area (Å²) >= 11 is 5.45. The van der Waals surface area contributed by atoms with Gasteiger partial charge in [-0.25, -0.2) is 4.79 Å². The fourth-order valence-electron chi connectivity index (χ4n) is 0.769. The summed E-state index contributed by atoms with van der Waals surface area (Å²) < 4.78 is -1.39. The second kappa shape index (κ2) is 8.55. The second-order valence-corrected chi connectivity index (χ2v) is 6.97. The van der Waals surface area contributed by atoms with Crippen molar-refractivity contribution in [3.8, 4) is 6.07 Å². The number of carboxylic acids is 3. The number of carboxylic acid groups (broad SMARTS) is 3. The van der Waals surface area contributed by atoms with E-state index in [0.717, 1.165) is 0 Å². The molecule has 0 heterocycles. The topological polar surface area (TPSA) is 199 Å². The number of aliphatic carboxylic acids is 3. The minimum atomic E-state index is -2.74. The van der Waals surface area contributed by atoms with Crippen molar-refractivity contribution in [2.45, 2.75) is 21.7 Å². The number of aliphatic hydroxyl groups is 1. The van der Waals surface area contributed by atoms with Gasteiger partial charge in [-0.3, -0.25) is 14.4 Å². The first kappa shape index (κ1) is 21.6. The largest absolute Gasteiger partial charge is 0.481 e. The van der Waals surface area contributed by atoms with Crippen LogP contribution in [0.3, 0.4) is 0 Å². The molecule has 10 nitrogen and oxygen atoms in total. The Morgan fingerprint density at radius 1 is 1.05 bits per heavy atom. The average molecular weight is 434 g/mol. The Morgan fingerprint density at radius 3 is 1.48 bits per heavy atom. The predicted molar refractivity (Wildman–Crippen MR) is 72.5 cm³/mol. The summed E-state index contributed by atoms with van der Waals surface area (Å²) in [6.07, 6.45) is -2.29. The van der Waals surface area contributed by atoms with Crippen LogP contribution in [0, 0.1) is 11.3 Å². The summed E-state index contributed by atoms with van der Waals surface area (Å²) in [6, 6.07) is 1.60. The molecule has 0 saturated heterocycles. The number of nitrogens with zero attached hydrogens (tertiary/aromatic N) is 1. The molecule has 0 aromatic heterocycles. The van der Waals surface area contributed by atoms with Crippen molar-refractivity contribution in [1.29, 1.82) is 5.26 Å². The summed E-state index contributed by atoms with van der Waals surface area (Å²) in [5, 5.41) is 41.9. The van der Waals surface area contributed by atoms with Crippen LogP contribution < -0.4 is 5.73 Å². The molecule has 0 aliphatic heterocycles. The number of nitriles is 1. The fraction of sp³-hybridized carbons (Fsp3) is 0.444. The normalized spacial score (nSPS) is 10.6. The molecule has 1 amide bonds. The third-order valence-electron chi connectivity index (χ3n) is 1.74. The number of nitrogens with two attached hydrogens (primary N) is 1. The van der Waals surface area contributed by atoms with Crippen LogP contribution in [-0.2, 0) is 19.2 Å². The molecule has 118 valence electrons. The zero-order valence-corrected chi connectivity index (χ0v) is 13.3. The van der Waals surface area contributed by atoms with Gasteiger partial charge in [-0.2, -0.15) is 5.26 Å². The Morgan fingerprint density at radius 2 is 1.38 bits per heavy atom. The predicted octanol–water partition coefficient (Wildman–Crippen LogP) is -0.767. The first-order chi connectivity index (χ1) is 9.28. The van der Waals surface area contributed by atoms with Gasteiger partial charge in [0, 0.05) is 0 Å². The van der Waals surface area contributed by atoms with Crippen LogP contribution in [-0.4, -0.2) is 53.1 Å². The monoisotopic (exact) mass is 432 g/mol. The van der Waals surface area contributed by atoms with Gasteiger partial charge in [0.1, 0.15) is 6.07 Å². The molecule has 0 aromatic rings. The summed E-state index contributed by atoms with van der Waals surface area (Å²) in [4.78, 5) is 40.6.